The Morgan fingerprint density at radius 2 is 2.42 bits per heavy atom. The van der Waals surface area contributed by atoms with E-state index in [4.69, 9.17) is 10.2 Å². The molecule has 0 aliphatic carbocycles. The first-order valence-electron chi connectivity index (χ1n) is 6.21. The lowest BCUT2D eigenvalue weighted by molar-refractivity contribution is 0.0938. The molecule has 0 aliphatic rings. The lowest BCUT2D eigenvalue weighted by atomic mass is 10.1. The van der Waals surface area contributed by atoms with E-state index >= 15 is 0 Å². The number of furan rings is 1. The van der Waals surface area contributed by atoms with Crippen molar-refractivity contribution < 1.29 is 9.21 Å². The van der Waals surface area contributed by atoms with E-state index in [2.05, 4.69) is 15.5 Å². The van der Waals surface area contributed by atoms with Crippen molar-refractivity contribution >= 4 is 11.7 Å². The molecule has 0 aliphatic heterocycles. The number of nitrogens with two attached hydrogens (primary N) is 1. The van der Waals surface area contributed by atoms with Crippen molar-refractivity contribution in [1.82, 2.24) is 15.5 Å². The van der Waals surface area contributed by atoms with Crippen molar-refractivity contribution in [3.05, 3.63) is 35.4 Å². The molecular weight excluding hydrogens is 244 g/mol. The fourth-order valence-corrected chi connectivity index (χ4v) is 1.92. The van der Waals surface area contributed by atoms with Crippen LogP contribution in [-0.2, 0) is 6.42 Å². The molecule has 0 aromatic carbocycles. The van der Waals surface area contributed by atoms with E-state index in [1.807, 2.05) is 19.1 Å². The Kier molecular flexibility index (Phi) is 3.89. The standard InChI is InChI=1S/C13H18N4O2/c1-8(5-6-10-4-3-7-19-10)15-13(18)11-9(2)16-17-12(11)14/h3-4,7-8H,5-6H2,1-2H3,(H,15,18)(H3,14,16,17). The molecule has 6 heteroatoms. The number of hydrogen-bond acceptors (Lipinski definition) is 4. The minimum absolute atomic E-state index is 0.0336. The van der Waals surface area contributed by atoms with E-state index in [9.17, 15) is 4.79 Å². The van der Waals surface area contributed by atoms with Gasteiger partial charge < -0.3 is 15.5 Å². The van der Waals surface area contributed by atoms with Gasteiger partial charge in [-0.15, -0.1) is 0 Å². The molecule has 19 heavy (non-hydrogen) atoms. The van der Waals surface area contributed by atoms with Gasteiger partial charge >= 0.3 is 0 Å². The summed E-state index contributed by atoms with van der Waals surface area (Å²) in [5.74, 6) is 0.948. The van der Waals surface area contributed by atoms with E-state index in [1.54, 1.807) is 13.2 Å². The Bertz CT molecular complexity index is 525. The number of anilines is 1. The number of aromatic amines is 1. The third-order valence-electron chi connectivity index (χ3n) is 2.98. The van der Waals surface area contributed by atoms with Gasteiger partial charge in [0.15, 0.2) is 5.82 Å². The summed E-state index contributed by atoms with van der Waals surface area (Å²) in [5.41, 5.74) is 6.75. The van der Waals surface area contributed by atoms with Crippen LogP contribution in [-0.4, -0.2) is 22.1 Å². The molecule has 0 fully saturated rings. The molecule has 102 valence electrons. The van der Waals surface area contributed by atoms with Crippen LogP contribution < -0.4 is 11.1 Å². The van der Waals surface area contributed by atoms with E-state index in [0.29, 0.717) is 11.3 Å². The highest BCUT2D eigenvalue weighted by molar-refractivity contribution is 5.99. The topological polar surface area (TPSA) is 96.9 Å². The van der Waals surface area contributed by atoms with Gasteiger partial charge in [-0.05, 0) is 32.4 Å². The number of nitrogens with zero attached hydrogens (tertiary/aromatic N) is 1. The molecule has 2 rings (SSSR count). The first kappa shape index (κ1) is 13.2. The van der Waals surface area contributed by atoms with Crippen molar-refractivity contribution in [2.75, 3.05) is 5.73 Å². The minimum atomic E-state index is -0.198. The fraction of sp³-hybridized carbons (Fsp3) is 0.385. The van der Waals surface area contributed by atoms with Crippen molar-refractivity contribution in [2.45, 2.75) is 32.7 Å². The minimum Gasteiger partial charge on any atom is -0.469 e. The summed E-state index contributed by atoms with van der Waals surface area (Å²) in [6.45, 7) is 3.72. The molecule has 0 spiro atoms. The summed E-state index contributed by atoms with van der Waals surface area (Å²) in [6.07, 6.45) is 3.23. The third kappa shape index (κ3) is 3.15. The Labute approximate surface area is 111 Å². The maximum atomic E-state index is 12.0. The zero-order valence-corrected chi connectivity index (χ0v) is 11.1. The summed E-state index contributed by atoms with van der Waals surface area (Å²) in [7, 11) is 0. The van der Waals surface area contributed by atoms with Crippen LogP contribution in [0.3, 0.4) is 0 Å². The zero-order chi connectivity index (χ0) is 13.8. The van der Waals surface area contributed by atoms with Crippen LogP contribution in [0.25, 0.3) is 0 Å². The second-order valence-corrected chi connectivity index (χ2v) is 4.60. The number of H-pyrrole nitrogens is 1. The van der Waals surface area contributed by atoms with E-state index < -0.39 is 0 Å². The average Bonchev–Trinajstić information content (AvgIpc) is 2.97. The summed E-state index contributed by atoms with van der Waals surface area (Å²) in [6, 6.07) is 3.81. The maximum Gasteiger partial charge on any atom is 0.257 e. The highest BCUT2D eigenvalue weighted by atomic mass is 16.3. The van der Waals surface area contributed by atoms with Gasteiger partial charge in [0.2, 0.25) is 0 Å². The van der Waals surface area contributed by atoms with Crippen LogP contribution in [0.2, 0.25) is 0 Å². The Hall–Kier alpha value is -2.24. The zero-order valence-electron chi connectivity index (χ0n) is 11.1. The smallest absolute Gasteiger partial charge is 0.257 e. The lowest BCUT2D eigenvalue weighted by Gasteiger charge is -2.13. The van der Waals surface area contributed by atoms with Crippen molar-refractivity contribution in [3.8, 4) is 0 Å². The van der Waals surface area contributed by atoms with Gasteiger partial charge in [-0.2, -0.15) is 5.10 Å². The average molecular weight is 262 g/mol. The van der Waals surface area contributed by atoms with E-state index in [1.165, 1.54) is 0 Å². The summed E-state index contributed by atoms with van der Waals surface area (Å²) >= 11 is 0. The van der Waals surface area contributed by atoms with Crippen LogP contribution in [0.1, 0.15) is 35.2 Å². The van der Waals surface area contributed by atoms with Crippen LogP contribution in [0.4, 0.5) is 5.82 Å². The molecule has 1 unspecified atom stereocenters. The molecule has 0 bridgehead atoms. The van der Waals surface area contributed by atoms with Crippen LogP contribution in [0, 0.1) is 6.92 Å². The Balaban J connectivity index is 1.88. The highest BCUT2D eigenvalue weighted by Crippen LogP contribution is 2.13. The number of carbonyl (C=O) groups excluding carboxylic acids is 1. The normalized spacial score (nSPS) is 12.3. The second-order valence-electron chi connectivity index (χ2n) is 4.60. The predicted molar refractivity (Wildman–Crippen MR) is 71.7 cm³/mol. The molecule has 1 atom stereocenters. The Morgan fingerprint density at radius 1 is 1.63 bits per heavy atom. The van der Waals surface area contributed by atoms with Gasteiger partial charge in [-0.25, -0.2) is 0 Å². The van der Waals surface area contributed by atoms with Gasteiger partial charge in [0.05, 0.1) is 6.26 Å². The fourth-order valence-electron chi connectivity index (χ4n) is 1.92. The first-order valence-corrected chi connectivity index (χ1v) is 6.21. The molecular formula is C13H18N4O2. The molecule has 2 aromatic heterocycles. The maximum absolute atomic E-state index is 12.0. The number of aryl methyl sites for hydroxylation is 2. The summed E-state index contributed by atoms with van der Waals surface area (Å²) in [5, 5.41) is 9.41. The number of nitrogen functional groups attached to an aromatic ring is 1. The molecule has 6 nitrogen and oxygen atoms in total. The van der Waals surface area contributed by atoms with Crippen molar-refractivity contribution in [1.29, 1.82) is 0 Å². The number of carbonyl (C=O) groups is 1. The predicted octanol–water partition coefficient (Wildman–Crippen LogP) is 1.64. The van der Waals surface area contributed by atoms with E-state index in [-0.39, 0.29) is 17.8 Å². The van der Waals surface area contributed by atoms with E-state index in [0.717, 1.165) is 18.6 Å². The largest absolute Gasteiger partial charge is 0.469 e. The molecule has 2 heterocycles. The number of hydrogen-bond donors (Lipinski definition) is 3. The number of nitrogens with one attached hydrogen (secondary N) is 2. The molecule has 0 saturated carbocycles. The second kappa shape index (κ2) is 5.60. The van der Waals surface area contributed by atoms with Gasteiger partial charge in [-0.3, -0.25) is 9.89 Å². The monoisotopic (exact) mass is 262 g/mol. The Morgan fingerprint density at radius 3 is 3.00 bits per heavy atom. The number of aromatic nitrogens is 2. The molecule has 0 radical (unpaired) electrons. The molecule has 4 N–H and O–H groups in total. The van der Waals surface area contributed by atoms with Crippen LogP contribution >= 0.6 is 0 Å². The SMILES string of the molecule is Cc1[nH]nc(N)c1C(=O)NC(C)CCc1ccco1. The third-order valence-corrected chi connectivity index (χ3v) is 2.98. The lowest BCUT2D eigenvalue weighted by Crippen LogP contribution is -2.33. The number of amides is 1. The van der Waals surface area contributed by atoms with Crippen molar-refractivity contribution in [2.24, 2.45) is 0 Å². The van der Waals surface area contributed by atoms with Gasteiger partial charge in [0, 0.05) is 18.2 Å². The van der Waals surface area contributed by atoms with Gasteiger partial charge in [-0.1, -0.05) is 0 Å². The first-order chi connectivity index (χ1) is 9.08. The highest BCUT2D eigenvalue weighted by Gasteiger charge is 2.17. The van der Waals surface area contributed by atoms with Crippen LogP contribution in [0.15, 0.2) is 22.8 Å². The molecule has 0 saturated heterocycles. The molecule has 1 amide bonds. The molecule has 2 aromatic rings. The van der Waals surface area contributed by atoms with Crippen molar-refractivity contribution in [3.63, 3.8) is 0 Å². The quantitative estimate of drug-likeness (QED) is 0.763. The number of rotatable bonds is 5. The van der Waals surface area contributed by atoms with Crippen LogP contribution in [0.5, 0.6) is 0 Å². The van der Waals surface area contributed by atoms with Gasteiger partial charge in [0.1, 0.15) is 11.3 Å². The summed E-state index contributed by atoms with van der Waals surface area (Å²) in [4.78, 5) is 12.0. The summed E-state index contributed by atoms with van der Waals surface area (Å²) < 4.78 is 5.25. The van der Waals surface area contributed by atoms with Gasteiger partial charge in [0.25, 0.3) is 5.91 Å².